The van der Waals surface area contributed by atoms with Gasteiger partial charge in [0.25, 0.3) is 0 Å². The van der Waals surface area contributed by atoms with E-state index in [4.69, 9.17) is 4.74 Å². The maximum absolute atomic E-state index is 12.4. The second kappa shape index (κ2) is 9.90. The van der Waals surface area contributed by atoms with Crippen LogP contribution < -0.4 is 15.4 Å². The van der Waals surface area contributed by atoms with Crippen molar-refractivity contribution in [3.63, 3.8) is 0 Å². The normalized spacial score (nSPS) is 17.0. The summed E-state index contributed by atoms with van der Waals surface area (Å²) < 4.78 is 5.90. The highest BCUT2D eigenvalue weighted by Crippen LogP contribution is 2.23. The fourth-order valence-electron chi connectivity index (χ4n) is 3.25. The number of para-hydroxylation sites is 1. The maximum atomic E-state index is 12.4. The monoisotopic (exact) mass is 381 g/mol. The lowest BCUT2D eigenvalue weighted by molar-refractivity contribution is -0.134. The second-order valence-corrected chi connectivity index (χ2v) is 6.89. The van der Waals surface area contributed by atoms with Gasteiger partial charge in [-0.3, -0.25) is 14.5 Å². The lowest BCUT2D eigenvalue weighted by Gasteiger charge is -2.34. The molecule has 3 rings (SSSR count). The Labute approximate surface area is 165 Å². The third-order valence-electron chi connectivity index (χ3n) is 4.66. The number of amides is 2. The number of hydrogen-bond donors (Lipinski definition) is 2. The predicted molar refractivity (Wildman–Crippen MR) is 108 cm³/mol. The smallest absolute Gasteiger partial charge is 0.237 e. The highest BCUT2D eigenvalue weighted by atomic mass is 16.5. The van der Waals surface area contributed by atoms with E-state index in [9.17, 15) is 9.59 Å². The number of ether oxygens (including phenoxy) is 1. The van der Waals surface area contributed by atoms with E-state index in [1.54, 1.807) is 0 Å². The Hall–Kier alpha value is -2.86. The Morgan fingerprint density at radius 2 is 1.96 bits per heavy atom. The molecule has 1 fully saturated rings. The summed E-state index contributed by atoms with van der Waals surface area (Å²) in [4.78, 5) is 26.5. The van der Waals surface area contributed by atoms with Gasteiger partial charge in [0.1, 0.15) is 11.5 Å². The largest absolute Gasteiger partial charge is 0.457 e. The number of nitrogens with one attached hydrogen (secondary N) is 2. The lowest BCUT2D eigenvalue weighted by Crippen LogP contribution is -2.56. The van der Waals surface area contributed by atoms with Crippen molar-refractivity contribution in [1.29, 1.82) is 0 Å². The van der Waals surface area contributed by atoms with Crippen LogP contribution in [-0.2, 0) is 16.1 Å². The molecule has 0 unspecified atom stereocenters. The minimum Gasteiger partial charge on any atom is -0.457 e. The molecule has 0 saturated carbocycles. The predicted octanol–water partition coefficient (Wildman–Crippen LogP) is 2.70. The molecule has 2 amide bonds. The van der Waals surface area contributed by atoms with Crippen molar-refractivity contribution in [2.45, 2.75) is 32.4 Å². The summed E-state index contributed by atoms with van der Waals surface area (Å²) in [5, 5.41) is 5.72. The molecule has 0 spiro atoms. The topological polar surface area (TPSA) is 70.7 Å². The zero-order valence-electron chi connectivity index (χ0n) is 16.2. The van der Waals surface area contributed by atoms with Crippen molar-refractivity contribution in [3.05, 3.63) is 60.2 Å². The summed E-state index contributed by atoms with van der Waals surface area (Å²) in [6.07, 6.45) is 1.05. The summed E-state index contributed by atoms with van der Waals surface area (Å²) in [6, 6.07) is 17.0. The molecule has 2 N–H and O–H groups in total. The number of carbonyl (C=O) groups excluding carboxylic acids is 2. The average molecular weight is 381 g/mol. The number of carbonyl (C=O) groups is 2. The molecule has 1 saturated heterocycles. The van der Waals surface area contributed by atoms with E-state index in [0.29, 0.717) is 26.2 Å². The van der Waals surface area contributed by atoms with Crippen molar-refractivity contribution < 1.29 is 14.3 Å². The molecule has 2 aromatic rings. The van der Waals surface area contributed by atoms with Gasteiger partial charge < -0.3 is 15.4 Å². The van der Waals surface area contributed by atoms with Crippen LogP contribution in [0.25, 0.3) is 0 Å². The summed E-state index contributed by atoms with van der Waals surface area (Å²) in [5.74, 6) is 1.36. The Morgan fingerprint density at radius 3 is 2.75 bits per heavy atom. The van der Waals surface area contributed by atoms with Gasteiger partial charge in [-0.1, -0.05) is 37.3 Å². The maximum Gasteiger partial charge on any atom is 0.237 e. The first-order valence-electron chi connectivity index (χ1n) is 9.76. The molecule has 1 aliphatic rings. The van der Waals surface area contributed by atoms with Gasteiger partial charge in [-0.25, -0.2) is 0 Å². The minimum absolute atomic E-state index is 0.0879. The van der Waals surface area contributed by atoms with E-state index in [-0.39, 0.29) is 18.2 Å². The van der Waals surface area contributed by atoms with E-state index in [2.05, 4.69) is 15.5 Å². The van der Waals surface area contributed by atoms with Crippen LogP contribution in [0.2, 0.25) is 0 Å². The quantitative estimate of drug-likeness (QED) is 0.738. The van der Waals surface area contributed by atoms with Gasteiger partial charge in [-0.15, -0.1) is 0 Å². The van der Waals surface area contributed by atoms with Gasteiger partial charge in [0.2, 0.25) is 11.8 Å². The molecule has 1 heterocycles. The standard InChI is InChI=1S/C22H27N3O3/c1-2-11-23-21(26)15-20-22(27)24-12-13-25(20)16-17-7-6-10-19(14-17)28-18-8-4-3-5-9-18/h3-10,14,20H,2,11-13,15-16H2,1H3,(H,23,26)(H,24,27)/t20-/m1/s1. The zero-order chi connectivity index (χ0) is 19.8. The molecule has 1 atom stereocenters. The van der Waals surface area contributed by atoms with Crippen molar-refractivity contribution in [3.8, 4) is 11.5 Å². The molecule has 148 valence electrons. The third kappa shape index (κ3) is 5.57. The Bertz CT molecular complexity index is 795. The second-order valence-electron chi connectivity index (χ2n) is 6.89. The molecule has 0 bridgehead atoms. The Balaban J connectivity index is 1.67. The first kappa shape index (κ1) is 19.9. The summed E-state index contributed by atoms with van der Waals surface area (Å²) >= 11 is 0. The summed E-state index contributed by atoms with van der Waals surface area (Å²) in [7, 11) is 0. The lowest BCUT2D eigenvalue weighted by atomic mass is 10.1. The fraction of sp³-hybridized carbons (Fsp3) is 0.364. The van der Waals surface area contributed by atoms with E-state index in [1.165, 1.54) is 0 Å². The molecular weight excluding hydrogens is 354 g/mol. The molecule has 0 aromatic heterocycles. The Morgan fingerprint density at radius 1 is 1.18 bits per heavy atom. The SMILES string of the molecule is CCCNC(=O)C[C@@H]1C(=O)NCCN1Cc1cccc(Oc2ccccc2)c1. The minimum atomic E-state index is -0.454. The van der Waals surface area contributed by atoms with Crippen molar-refractivity contribution in [2.75, 3.05) is 19.6 Å². The molecule has 2 aromatic carbocycles. The number of rotatable bonds is 8. The van der Waals surface area contributed by atoms with Crippen LogP contribution in [0, 0.1) is 0 Å². The van der Waals surface area contributed by atoms with Crippen LogP contribution in [0.1, 0.15) is 25.3 Å². The Kier molecular flexibility index (Phi) is 7.03. The molecular formula is C22H27N3O3. The number of nitrogens with zero attached hydrogens (tertiary/aromatic N) is 1. The van der Waals surface area contributed by atoms with Crippen LogP contribution in [0.4, 0.5) is 0 Å². The molecule has 0 radical (unpaired) electrons. The van der Waals surface area contributed by atoms with Crippen LogP contribution in [0.5, 0.6) is 11.5 Å². The van der Waals surface area contributed by atoms with E-state index >= 15 is 0 Å². The summed E-state index contributed by atoms with van der Waals surface area (Å²) in [5.41, 5.74) is 1.04. The highest BCUT2D eigenvalue weighted by molar-refractivity contribution is 5.88. The van der Waals surface area contributed by atoms with Crippen LogP contribution in [-0.4, -0.2) is 42.4 Å². The third-order valence-corrected chi connectivity index (χ3v) is 4.66. The summed E-state index contributed by atoms with van der Waals surface area (Å²) in [6.45, 7) is 4.52. The number of hydrogen-bond acceptors (Lipinski definition) is 4. The van der Waals surface area contributed by atoms with Crippen molar-refractivity contribution >= 4 is 11.8 Å². The van der Waals surface area contributed by atoms with Crippen molar-refractivity contribution in [2.24, 2.45) is 0 Å². The molecule has 6 nitrogen and oxygen atoms in total. The van der Waals surface area contributed by atoms with E-state index in [0.717, 1.165) is 23.5 Å². The van der Waals surface area contributed by atoms with Gasteiger partial charge in [0, 0.05) is 26.2 Å². The van der Waals surface area contributed by atoms with Gasteiger partial charge in [0.15, 0.2) is 0 Å². The zero-order valence-corrected chi connectivity index (χ0v) is 16.2. The molecule has 1 aliphatic heterocycles. The van der Waals surface area contributed by atoms with E-state index in [1.807, 2.05) is 61.5 Å². The van der Waals surface area contributed by atoms with Crippen molar-refractivity contribution in [1.82, 2.24) is 15.5 Å². The number of benzene rings is 2. The highest BCUT2D eigenvalue weighted by Gasteiger charge is 2.31. The van der Waals surface area contributed by atoms with Crippen LogP contribution >= 0.6 is 0 Å². The number of piperazine rings is 1. The van der Waals surface area contributed by atoms with Crippen LogP contribution in [0.15, 0.2) is 54.6 Å². The first-order chi connectivity index (χ1) is 13.7. The average Bonchev–Trinajstić information content (AvgIpc) is 2.70. The van der Waals surface area contributed by atoms with Gasteiger partial charge in [0.05, 0.1) is 12.5 Å². The fourth-order valence-corrected chi connectivity index (χ4v) is 3.25. The molecule has 0 aliphatic carbocycles. The van der Waals surface area contributed by atoms with Crippen LogP contribution in [0.3, 0.4) is 0 Å². The first-order valence-corrected chi connectivity index (χ1v) is 9.76. The van der Waals surface area contributed by atoms with E-state index < -0.39 is 6.04 Å². The molecule has 28 heavy (non-hydrogen) atoms. The van der Waals surface area contributed by atoms with Gasteiger partial charge in [-0.05, 0) is 36.2 Å². The van der Waals surface area contributed by atoms with Gasteiger partial charge in [-0.2, -0.15) is 0 Å². The van der Waals surface area contributed by atoms with Gasteiger partial charge >= 0.3 is 0 Å². The molecule has 6 heteroatoms.